The van der Waals surface area contributed by atoms with E-state index in [4.69, 9.17) is 30.4 Å². The second kappa shape index (κ2) is 16.0. The minimum atomic E-state index is 0.346. The third-order valence-corrected chi connectivity index (χ3v) is 14.5. The highest BCUT2D eigenvalue weighted by Gasteiger charge is 2.24. The van der Waals surface area contributed by atoms with Gasteiger partial charge in [-0.05, 0) is 90.5 Å². The predicted molar refractivity (Wildman–Crippen MR) is 296 cm³/mol. The number of benzene rings is 10. The smallest absolute Gasteiger partial charge is 0.200 e. The lowest BCUT2D eigenvalue weighted by molar-refractivity contribution is 0.672. The summed E-state index contributed by atoms with van der Waals surface area (Å²) in [5.41, 5.74) is 13.4. The van der Waals surface area contributed by atoms with E-state index in [-0.39, 0.29) is 0 Å². The Morgan fingerprint density at radius 2 is 0.905 bits per heavy atom. The molecule has 0 aliphatic heterocycles. The molecule has 0 amide bonds. The minimum absolute atomic E-state index is 0.346. The second-order valence-corrected chi connectivity index (χ2v) is 18.4. The number of furan rings is 2. The Morgan fingerprint density at radius 1 is 0.405 bits per heavy atom. The van der Waals surface area contributed by atoms with Crippen LogP contribution < -0.4 is 0 Å². The SMILES string of the molecule is [C-]#[N+]c1cc(-n2c3ccccc3c3c4oc5ccccc5c4ccc32)ccc1-c1nc(-c2ccccc2)nc(-c2ccc(-n3c4ccccc4c4c5oc6ccccc6c5ccc43)cc2-c2ccccc2C#N)n1. The molecule has 5 heterocycles. The molecule has 342 valence electrons. The molecule has 0 bridgehead atoms. The standard InChI is InChI=1S/C65H35N7O2/c1-67-52-36-41(72-54-24-12-8-22-50(54)60-56(72)34-32-46-44-20-10-14-26-58(44)74-62(46)60)28-30-48(52)65-69-63(38-15-3-2-4-16-38)68-64(70-65)47-29-27-40(35-51(47)42-18-6-5-17-39(42)37-66)71-53-23-11-7-21-49(53)59-55(71)33-31-45-43-19-9-13-25-57(43)73-61(45)59/h2-36H. The molecular formula is C65H35N7O2. The van der Waals surface area contributed by atoms with E-state index in [0.29, 0.717) is 39.9 Å². The fourth-order valence-electron chi connectivity index (χ4n) is 11.2. The summed E-state index contributed by atoms with van der Waals surface area (Å²) in [5, 5.41) is 19.0. The summed E-state index contributed by atoms with van der Waals surface area (Å²) < 4.78 is 17.6. The quantitative estimate of drug-likeness (QED) is 0.154. The Kier molecular flexibility index (Phi) is 8.88. The van der Waals surface area contributed by atoms with Crippen LogP contribution in [-0.2, 0) is 0 Å². The van der Waals surface area contributed by atoms with Crippen molar-refractivity contribution >= 4 is 93.2 Å². The van der Waals surface area contributed by atoms with E-state index >= 15 is 0 Å². The molecule has 15 rings (SSSR count). The molecule has 0 radical (unpaired) electrons. The van der Waals surface area contributed by atoms with Gasteiger partial charge in [-0.3, -0.25) is 0 Å². The number of aromatic nitrogens is 5. The van der Waals surface area contributed by atoms with Crippen LogP contribution in [0.4, 0.5) is 5.69 Å². The van der Waals surface area contributed by atoms with Gasteiger partial charge in [0, 0.05) is 65.9 Å². The highest BCUT2D eigenvalue weighted by Crippen LogP contribution is 2.45. The van der Waals surface area contributed by atoms with Crippen LogP contribution in [0.15, 0.2) is 221 Å². The molecule has 0 saturated carbocycles. The summed E-state index contributed by atoms with van der Waals surface area (Å²) in [6.45, 7) is 8.65. The topological polar surface area (TPSA) is 103 Å². The van der Waals surface area contributed by atoms with E-state index < -0.39 is 0 Å². The molecule has 0 spiro atoms. The maximum atomic E-state index is 10.6. The van der Waals surface area contributed by atoms with Crippen LogP contribution in [0.2, 0.25) is 0 Å². The van der Waals surface area contributed by atoms with Gasteiger partial charge in [0.2, 0.25) is 0 Å². The minimum Gasteiger partial charge on any atom is -0.455 e. The third-order valence-electron chi connectivity index (χ3n) is 14.5. The molecular weight excluding hydrogens is 911 g/mol. The zero-order valence-electron chi connectivity index (χ0n) is 39.2. The molecule has 10 aromatic carbocycles. The lowest BCUT2D eigenvalue weighted by Gasteiger charge is -2.16. The van der Waals surface area contributed by atoms with Gasteiger partial charge in [0.25, 0.3) is 0 Å². The van der Waals surface area contributed by atoms with Gasteiger partial charge >= 0.3 is 0 Å². The van der Waals surface area contributed by atoms with Crippen molar-refractivity contribution in [2.45, 2.75) is 0 Å². The van der Waals surface area contributed by atoms with Gasteiger partial charge < -0.3 is 18.0 Å². The highest BCUT2D eigenvalue weighted by atomic mass is 16.3. The van der Waals surface area contributed by atoms with Crippen molar-refractivity contribution in [3.63, 3.8) is 0 Å². The number of hydrogen-bond acceptors (Lipinski definition) is 6. The van der Waals surface area contributed by atoms with Crippen molar-refractivity contribution in [3.05, 3.63) is 229 Å². The van der Waals surface area contributed by atoms with E-state index in [1.807, 2.05) is 127 Å². The number of nitriles is 1. The van der Waals surface area contributed by atoms with Gasteiger partial charge in [0.1, 0.15) is 22.3 Å². The van der Waals surface area contributed by atoms with E-state index in [1.165, 1.54) is 0 Å². The molecule has 5 aromatic heterocycles. The normalized spacial score (nSPS) is 11.8. The number of fused-ring (bicyclic) bond motifs is 14. The highest BCUT2D eigenvalue weighted by molar-refractivity contribution is 6.25. The fraction of sp³-hybridized carbons (Fsp3) is 0. The average Bonchev–Trinajstić information content (AvgIpc) is 4.27. The third kappa shape index (κ3) is 6.05. The first-order valence-corrected chi connectivity index (χ1v) is 24.3. The summed E-state index contributed by atoms with van der Waals surface area (Å²) in [5.74, 6) is 1.19. The van der Waals surface area contributed by atoms with Crippen LogP contribution in [0, 0.1) is 17.9 Å². The lowest BCUT2D eigenvalue weighted by Crippen LogP contribution is -2.03. The van der Waals surface area contributed by atoms with E-state index in [2.05, 4.69) is 105 Å². The number of hydrogen-bond donors (Lipinski definition) is 0. The maximum absolute atomic E-state index is 10.6. The zero-order valence-corrected chi connectivity index (χ0v) is 39.2. The van der Waals surface area contributed by atoms with Crippen molar-refractivity contribution in [1.29, 1.82) is 5.26 Å². The maximum Gasteiger partial charge on any atom is 0.200 e. The number of para-hydroxylation sites is 4. The Hall–Kier alpha value is -10.6. The largest absolute Gasteiger partial charge is 0.455 e. The zero-order chi connectivity index (χ0) is 49.0. The molecule has 0 unspecified atom stereocenters. The number of rotatable bonds is 6. The van der Waals surface area contributed by atoms with E-state index in [1.54, 1.807) is 0 Å². The second-order valence-electron chi connectivity index (χ2n) is 18.4. The van der Waals surface area contributed by atoms with Crippen molar-refractivity contribution in [2.24, 2.45) is 0 Å². The van der Waals surface area contributed by atoms with Gasteiger partial charge in [-0.2, -0.15) is 5.26 Å². The Balaban J connectivity index is 0.935. The summed E-state index contributed by atoms with van der Waals surface area (Å²) in [4.78, 5) is 19.7. The van der Waals surface area contributed by atoms with Gasteiger partial charge in [0.15, 0.2) is 23.2 Å². The lowest BCUT2D eigenvalue weighted by atomic mass is 9.94. The molecule has 74 heavy (non-hydrogen) atoms. The monoisotopic (exact) mass is 945 g/mol. The summed E-state index contributed by atoms with van der Waals surface area (Å²) in [6.07, 6.45) is 0. The average molecular weight is 946 g/mol. The molecule has 0 fully saturated rings. The molecule has 9 heteroatoms. The first-order valence-electron chi connectivity index (χ1n) is 24.3. The first kappa shape index (κ1) is 41.2. The van der Waals surface area contributed by atoms with Gasteiger partial charge in [-0.25, -0.2) is 19.8 Å². The molecule has 0 saturated heterocycles. The van der Waals surface area contributed by atoms with Crippen molar-refractivity contribution in [1.82, 2.24) is 24.1 Å². The van der Waals surface area contributed by atoms with Crippen LogP contribution in [-0.4, -0.2) is 24.1 Å². The Morgan fingerprint density at radius 3 is 1.51 bits per heavy atom. The summed E-state index contributed by atoms with van der Waals surface area (Å²) in [7, 11) is 0. The number of nitrogens with zero attached hydrogens (tertiary/aromatic N) is 7. The fourth-order valence-corrected chi connectivity index (χ4v) is 11.2. The van der Waals surface area contributed by atoms with Gasteiger partial charge in [-0.1, -0.05) is 127 Å². The van der Waals surface area contributed by atoms with Crippen LogP contribution in [0.5, 0.6) is 0 Å². The summed E-state index contributed by atoms with van der Waals surface area (Å²) >= 11 is 0. The Labute approximate surface area is 421 Å². The molecule has 0 atom stereocenters. The predicted octanol–water partition coefficient (Wildman–Crippen LogP) is 17.0. The van der Waals surface area contributed by atoms with Crippen LogP contribution in [0.25, 0.3) is 149 Å². The van der Waals surface area contributed by atoms with E-state index in [0.717, 1.165) is 116 Å². The molecule has 9 nitrogen and oxygen atoms in total. The van der Waals surface area contributed by atoms with Crippen LogP contribution in [0.3, 0.4) is 0 Å². The van der Waals surface area contributed by atoms with Crippen molar-refractivity contribution in [3.8, 4) is 62.7 Å². The first-order chi connectivity index (χ1) is 36.6. The summed E-state index contributed by atoms with van der Waals surface area (Å²) in [6, 6.07) is 73.5. The van der Waals surface area contributed by atoms with Crippen LogP contribution in [0.1, 0.15) is 5.56 Å². The molecule has 0 N–H and O–H groups in total. The van der Waals surface area contributed by atoms with Crippen LogP contribution >= 0.6 is 0 Å². The molecule has 15 aromatic rings. The van der Waals surface area contributed by atoms with Crippen molar-refractivity contribution in [2.75, 3.05) is 0 Å². The van der Waals surface area contributed by atoms with Gasteiger partial charge in [-0.15, -0.1) is 0 Å². The van der Waals surface area contributed by atoms with Gasteiger partial charge in [0.05, 0.1) is 51.0 Å². The van der Waals surface area contributed by atoms with Crippen molar-refractivity contribution < 1.29 is 8.83 Å². The molecule has 0 aliphatic carbocycles. The molecule has 0 aliphatic rings. The van der Waals surface area contributed by atoms with E-state index in [9.17, 15) is 5.26 Å². The Bertz CT molecular complexity index is 4950.